The third-order valence-corrected chi connectivity index (χ3v) is 4.94. The van der Waals surface area contributed by atoms with Crippen molar-refractivity contribution < 1.29 is 19.1 Å². The highest BCUT2D eigenvalue weighted by Crippen LogP contribution is 2.42. The third kappa shape index (κ3) is 3.22. The zero-order valence-electron chi connectivity index (χ0n) is 13.5. The summed E-state index contributed by atoms with van der Waals surface area (Å²) >= 11 is 1.37. The molecule has 2 atom stereocenters. The van der Waals surface area contributed by atoms with Crippen LogP contribution in [0.25, 0.3) is 0 Å². The lowest BCUT2D eigenvalue weighted by molar-refractivity contribution is -0.143. The molecular weight excluding hydrogens is 328 g/mol. The Morgan fingerprint density at radius 2 is 2.12 bits per heavy atom. The molecule has 6 nitrogen and oxygen atoms in total. The van der Waals surface area contributed by atoms with Gasteiger partial charge in [-0.3, -0.25) is 14.5 Å². The summed E-state index contributed by atoms with van der Waals surface area (Å²) in [5, 5.41) is 0.539. The summed E-state index contributed by atoms with van der Waals surface area (Å²) in [5.74, 6) is -0.514. The van der Waals surface area contributed by atoms with E-state index in [-0.39, 0.29) is 23.9 Å². The van der Waals surface area contributed by atoms with Gasteiger partial charge in [0.2, 0.25) is 5.91 Å². The van der Waals surface area contributed by atoms with Crippen LogP contribution in [0.3, 0.4) is 0 Å². The topological polar surface area (TPSA) is 68.2 Å². The Hall–Kier alpha value is -2.12. The minimum absolute atomic E-state index is 0.0839. The Kier molecular flexibility index (Phi) is 4.73. The van der Waals surface area contributed by atoms with Crippen LogP contribution in [0.4, 0.5) is 5.69 Å². The van der Waals surface area contributed by atoms with Crippen molar-refractivity contribution in [2.75, 3.05) is 18.1 Å². The Morgan fingerprint density at radius 1 is 1.38 bits per heavy atom. The number of rotatable bonds is 3. The second-order valence-corrected chi connectivity index (χ2v) is 6.57. The molecule has 0 spiro atoms. The van der Waals surface area contributed by atoms with Crippen LogP contribution in [-0.2, 0) is 19.1 Å². The molecule has 2 unspecified atom stereocenters. The van der Waals surface area contributed by atoms with Gasteiger partial charge < -0.3 is 9.47 Å². The van der Waals surface area contributed by atoms with Gasteiger partial charge in [0.05, 0.1) is 12.3 Å². The number of amidine groups is 1. The minimum Gasteiger partial charge on any atom is -0.463 e. The molecule has 1 aromatic carbocycles. The van der Waals surface area contributed by atoms with E-state index in [1.54, 1.807) is 4.90 Å². The smallest absolute Gasteiger partial charge is 0.302 e. The van der Waals surface area contributed by atoms with Gasteiger partial charge in [-0.25, -0.2) is 4.99 Å². The van der Waals surface area contributed by atoms with Gasteiger partial charge in [0.15, 0.2) is 10.7 Å². The van der Waals surface area contributed by atoms with E-state index >= 15 is 0 Å². The number of amides is 1. The molecule has 2 aliphatic heterocycles. The van der Waals surface area contributed by atoms with Gasteiger partial charge >= 0.3 is 5.97 Å². The molecule has 1 amide bonds. The number of nitrogens with zero attached hydrogens (tertiary/aromatic N) is 2. The average molecular weight is 346 g/mol. The maximum Gasteiger partial charge on any atom is 0.302 e. The summed E-state index contributed by atoms with van der Waals surface area (Å²) in [5.41, 5.74) is -0.393. The van der Waals surface area contributed by atoms with Gasteiger partial charge in [-0.15, -0.1) is 0 Å². The highest BCUT2D eigenvalue weighted by atomic mass is 32.2. The SMILES string of the molecule is CC(=O)OCC12C=CCOC1SC(N(C(C)=O)c1ccccc1)=N2. The Balaban J connectivity index is 1.95. The van der Waals surface area contributed by atoms with Gasteiger partial charge in [0.1, 0.15) is 12.0 Å². The monoisotopic (exact) mass is 346 g/mol. The van der Waals surface area contributed by atoms with E-state index in [9.17, 15) is 9.59 Å². The summed E-state index contributed by atoms with van der Waals surface area (Å²) in [6.07, 6.45) is 3.75. The van der Waals surface area contributed by atoms with Crippen LogP contribution in [0, 0.1) is 0 Å². The number of benzene rings is 1. The molecule has 0 N–H and O–H groups in total. The molecule has 7 heteroatoms. The van der Waals surface area contributed by atoms with E-state index in [0.717, 1.165) is 5.69 Å². The molecule has 0 aromatic heterocycles. The molecule has 3 rings (SSSR count). The zero-order chi connectivity index (χ0) is 17.2. The molecule has 2 heterocycles. The summed E-state index contributed by atoms with van der Waals surface area (Å²) < 4.78 is 11.0. The number of thioether (sulfide) groups is 1. The number of para-hydroxylation sites is 1. The van der Waals surface area contributed by atoms with E-state index in [0.29, 0.717) is 11.8 Å². The predicted molar refractivity (Wildman–Crippen MR) is 92.9 cm³/mol. The maximum atomic E-state index is 12.2. The second-order valence-electron chi connectivity index (χ2n) is 5.54. The van der Waals surface area contributed by atoms with Crippen LogP contribution in [0.15, 0.2) is 47.5 Å². The summed E-state index contributed by atoms with van der Waals surface area (Å²) in [7, 11) is 0. The number of hydrogen-bond acceptors (Lipinski definition) is 6. The van der Waals surface area contributed by atoms with Crippen molar-refractivity contribution in [3.8, 4) is 0 Å². The lowest BCUT2D eigenvalue weighted by atomic mass is 10.0. The molecule has 1 aromatic rings. The fourth-order valence-electron chi connectivity index (χ4n) is 2.62. The second kappa shape index (κ2) is 6.78. The van der Waals surface area contributed by atoms with Crippen molar-refractivity contribution in [1.82, 2.24) is 0 Å². The number of carbonyl (C=O) groups is 2. The molecule has 0 fully saturated rings. The van der Waals surface area contributed by atoms with E-state index in [1.165, 1.54) is 25.6 Å². The van der Waals surface area contributed by atoms with E-state index in [1.807, 2.05) is 42.5 Å². The van der Waals surface area contributed by atoms with Gasteiger partial charge in [-0.1, -0.05) is 42.1 Å². The summed E-state index contributed by atoms with van der Waals surface area (Å²) in [6.45, 7) is 3.40. The largest absolute Gasteiger partial charge is 0.463 e. The van der Waals surface area contributed by atoms with Crippen molar-refractivity contribution in [1.29, 1.82) is 0 Å². The molecule has 2 aliphatic rings. The van der Waals surface area contributed by atoms with Crippen LogP contribution in [0.2, 0.25) is 0 Å². The minimum atomic E-state index is -0.799. The molecule has 0 aliphatic carbocycles. The maximum absolute atomic E-state index is 12.2. The first-order valence-electron chi connectivity index (χ1n) is 7.57. The average Bonchev–Trinajstić information content (AvgIpc) is 2.93. The van der Waals surface area contributed by atoms with Crippen molar-refractivity contribution in [2.45, 2.75) is 24.8 Å². The summed E-state index contributed by atoms with van der Waals surface area (Å²) in [6, 6.07) is 9.32. The standard InChI is InChI=1S/C17H18N2O4S/c1-12(20)19(14-7-4-3-5-8-14)16-18-17(11-23-13(2)21)9-6-10-22-15(17)24-16/h3-9,15H,10-11H2,1-2H3. The quantitative estimate of drug-likeness (QED) is 0.621. The molecular formula is C17H18N2O4S. The fraction of sp³-hybridized carbons (Fsp3) is 0.353. The molecule has 0 bridgehead atoms. The van der Waals surface area contributed by atoms with Crippen LogP contribution in [-0.4, -0.2) is 41.2 Å². The van der Waals surface area contributed by atoms with Crippen molar-refractivity contribution in [2.24, 2.45) is 4.99 Å². The first kappa shape index (κ1) is 16.7. The van der Waals surface area contributed by atoms with Gasteiger partial charge in [0, 0.05) is 13.8 Å². The lowest BCUT2D eigenvalue weighted by Gasteiger charge is -2.30. The van der Waals surface area contributed by atoms with E-state index < -0.39 is 5.54 Å². The van der Waals surface area contributed by atoms with Crippen LogP contribution >= 0.6 is 11.8 Å². The van der Waals surface area contributed by atoms with Crippen LogP contribution in [0.1, 0.15) is 13.8 Å². The predicted octanol–water partition coefficient (Wildman–Crippen LogP) is 2.36. The summed E-state index contributed by atoms with van der Waals surface area (Å²) in [4.78, 5) is 29.7. The number of esters is 1. The van der Waals surface area contributed by atoms with Crippen LogP contribution < -0.4 is 4.90 Å². The van der Waals surface area contributed by atoms with E-state index in [2.05, 4.69) is 0 Å². The zero-order valence-corrected chi connectivity index (χ0v) is 14.3. The first-order valence-corrected chi connectivity index (χ1v) is 8.45. The lowest BCUT2D eigenvalue weighted by Crippen LogP contribution is -2.43. The highest BCUT2D eigenvalue weighted by molar-refractivity contribution is 8.15. The van der Waals surface area contributed by atoms with Crippen molar-refractivity contribution >= 4 is 34.5 Å². The van der Waals surface area contributed by atoms with E-state index in [4.69, 9.17) is 14.5 Å². The van der Waals surface area contributed by atoms with Gasteiger partial charge in [-0.2, -0.15) is 0 Å². The van der Waals surface area contributed by atoms with Crippen molar-refractivity contribution in [3.63, 3.8) is 0 Å². The Labute approximate surface area is 144 Å². The fourth-order valence-corrected chi connectivity index (χ4v) is 3.92. The molecule has 126 valence electrons. The van der Waals surface area contributed by atoms with Crippen molar-refractivity contribution in [3.05, 3.63) is 42.5 Å². The van der Waals surface area contributed by atoms with Crippen LogP contribution in [0.5, 0.6) is 0 Å². The molecule has 0 saturated carbocycles. The number of aliphatic imine (C=N–C) groups is 1. The van der Waals surface area contributed by atoms with Gasteiger partial charge in [-0.05, 0) is 12.1 Å². The number of hydrogen-bond donors (Lipinski definition) is 0. The normalized spacial score (nSPS) is 24.9. The molecule has 0 radical (unpaired) electrons. The Morgan fingerprint density at radius 3 is 2.79 bits per heavy atom. The number of anilines is 1. The highest BCUT2D eigenvalue weighted by Gasteiger charge is 2.48. The number of ether oxygens (including phenoxy) is 2. The molecule has 24 heavy (non-hydrogen) atoms. The number of fused-ring (bicyclic) bond motifs is 1. The third-order valence-electron chi connectivity index (χ3n) is 3.70. The Bertz CT molecular complexity index is 704. The number of carbonyl (C=O) groups excluding carboxylic acids is 2. The molecule has 0 saturated heterocycles. The first-order chi connectivity index (χ1) is 11.5. The van der Waals surface area contributed by atoms with Gasteiger partial charge in [0.25, 0.3) is 0 Å².